The van der Waals surface area contributed by atoms with E-state index in [1.54, 1.807) is 4.90 Å². The summed E-state index contributed by atoms with van der Waals surface area (Å²) in [5.41, 5.74) is 1.80. The van der Waals surface area contributed by atoms with Gasteiger partial charge in [0.15, 0.2) is 0 Å². The van der Waals surface area contributed by atoms with E-state index in [0.717, 1.165) is 12.8 Å². The third kappa shape index (κ3) is 3.75. The number of benzene rings is 1. The van der Waals surface area contributed by atoms with E-state index in [2.05, 4.69) is 13.5 Å². The number of carboxylic acids is 1. The minimum atomic E-state index is -0.814. The molecule has 118 valence electrons. The van der Waals surface area contributed by atoms with Crippen molar-refractivity contribution in [2.24, 2.45) is 5.92 Å². The second-order valence-corrected chi connectivity index (χ2v) is 5.98. The molecule has 1 aliphatic heterocycles. The highest BCUT2D eigenvalue weighted by Crippen LogP contribution is 2.22. The zero-order valence-electron chi connectivity index (χ0n) is 13.0. The maximum Gasteiger partial charge on any atom is 0.308 e. The maximum atomic E-state index is 12.5. The second kappa shape index (κ2) is 7.25. The van der Waals surface area contributed by atoms with Gasteiger partial charge in [-0.2, -0.15) is 0 Å². The summed E-state index contributed by atoms with van der Waals surface area (Å²) in [6.07, 6.45) is 4.19. The molecule has 2 rings (SSSR count). The Balaban J connectivity index is 2.06. The van der Waals surface area contributed by atoms with Crippen LogP contribution in [0.3, 0.4) is 0 Å². The van der Waals surface area contributed by atoms with Crippen LogP contribution in [0.1, 0.15) is 48.0 Å². The van der Waals surface area contributed by atoms with Crippen molar-refractivity contribution in [2.45, 2.75) is 32.1 Å². The molecule has 2 atom stereocenters. The minimum Gasteiger partial charge on any atom is -0.481 e. The van der Waals surface area contributed by atoms with Crippen molar-refractivity contribution in [3.05, 3.63) is 48.0 Å². The summed E-state index contributed by atoms with van der Waals surface area (Å²) in [5.74, 6) is -0.947. The van der Waals surface area contributed by atoms with Gasteiger partial charge in [0.05, 0.1) is 5.92 Å². The lowest BCUT2D eigenvalue weighted by Crippen LogP contribution is -2.42. The number of amides is 1. The van der Waals surface area contributed by atoms with E-state index in [-0.39, 0.29) is 5.91 Å². The summed E-state index contributed by atoms with van der Waals surface area (Å²) in [5, 5.41) is 9.11. The van der Waals surface area contributed by atoms with Crippen LogP contribution in [-0.4, -0.2) is 35.0 Å². The first-order chi connectivity index (χ1) is 10.5. The van der Waals surface area contributed by atoms with Gasteiger partial charge in [0.1, 0.15) is 0 Å². The van der Waals surface area contributed by atoms with Crippen LogP contribution in [0.25, 0.3) is 0 Å². The van der Waals surface area contributed by atoms with Crippen molar-refractivity contribution in [3.8, 4) is 0 Å². The van der Waals surface area contributed by atoms with Crippen LogP contribution in [0.15, 0.2) is 36.9 Å². The number of rotatable bonds is 5. The number of carboxylic acid groups (broad SMARTS) is 1. The Morgan fingerprint density at radius 1 is 1.41 bits per heavy atom. The standard InChI is InChI=1S/C18H23NO3/c1-3-5-13(2)14-7-9-15(10-8-14)17(20)19-11-4-6-16(12-19)18(21)22/h3,7-10,13,16H,1,4-6,11-12H2,2H3,(H,21,22)/t13-,16+/m0/s1. The molecular weight excluding hydrogens is 278 g/mol. The number of nitrogens with zero attached hydrogens (tertiary/aromatic N) is 1. The summed E-state index contributed by atoms with van der Waals surface area (Å²) in [6.45, 7) is 6.82. The van der Waals surface area contributed by atoms with E-state index in [9.17, 15) is 9.59 Å². The van der Waals surface area contributed by atoms with Crippen molar-refractivity contribution in [3.63, 3.8) is 0 Å². The van der Waals surface area contributed by atoms with Gasteiger partial charge in [-0.15, -0.1) is 6.58 Å². The van der Waals surface area contributed by atoms with Crippen LogP contribution in [0, 0.1) is 5.92 Å². The topological polar surface area (TPSA) is 57.6 Å². The smallest absolute Gasteiger partial charge is 0.308 e. The Morgan fingerprint density at radius 3 is 2.68 bits per heavy atom. The first kappa shape index (κ1) is 16.3. The Morgan fingerprint density at radius 2 is 2.09 bits per heavy atom. The molecule has 1 amide bonds. The van der Waals surface area contributed by atoms with Crippen LogP contribution in [-0.2, 0) is 4.79 Å². The van der Waals surface area contributed by atoms with E-state index in [1.807, 2.05) is 30.3 Å². The Labute approximate surface area is 131 Å². The Bertz CT molecular complexity index is 550. The number of hydrogen-bond acceptors (Lipinski definition) is 2. The number of carbonyl (C=O) groups excluding carboxylic acids is 1. The molecule has 1 heterocycles. The Kier molecular flexibility index (Phi) is 5.36. The average Bonchev–Trinajstić information content (AvgIpc) is 2.54. The van der Waals surface area contributed by atoms with Crippen LogP contribution in [0.5, 0.6) is 0 Å². The molecule has 4 heteroatoms. The number of hydrogen-bond donors (Lipinski definition) is 1. The van der Waals surface area contributed by atoms with Crippen LogP contribution in [0.4, 0.5) is 0 Å². The first-order valence-electron chi connectivity index (χ1n) is 7.76. The first-order valence-corrected chi connectivity index (χ1v) is 7.76. The highest BCUT2D eigenvalue weighted by Gasteiger charge is 2.28. The van der Waals surface area contributed by atoms with Gasteiger partial charge in [0.2, 0.25) is 0 Å². The Hall–Kier alpha value is -2.10. The minimum absolute atomic E-state index is 0.0751. The predicted molar refractivity (Wildman–Crippen MR) is 85.9 cm³/mol. The predicted octanol–water partition coefficient (Wildman–Crippen LogP) is 3.30. The number of likely N-dealkylation sites (tertiary alicyclic amines) is 1. The maximum absolute atomic E-state index is 12.5. The van der Waals surface area contributed by atoms with Crippen LogP contribution >= 0.6 is 0 Å². The lowest BCUT2D eigenvalue weighted by molar-refractivity contribution is -0.143. The van der Waals surface area contributed by atoms with Gasteiger partial charge in [-0.25, -0.2) is 0 Å². The summed E-state index contributed by atoms with van der Waals surface area (Å²) in [4.78, 5) is 25.2. The molecule has 1 fully saturated rings. The molecule has 0 aromatic heterocycles. The summed E-state index contributed by atoms with van der Waals surface area (Å²) >= 11 is 0. The zero-order chi connectivity index (χ0) is 16.1. The van der Waals surface area contributed by atoms with E-state index in [0.29, 0.717) is 31.0 Å². The average molecular weight is 301 g/mol. The number of carbonyl (C=O) groups is 2. The fourth-order valence-corrected chi connectivity index (χ4v) is 2.89. The molecule has 0 spiro atoms. The molecule has 1 aliphatic rings. The number of aliphatic carboxylic acids is 1. The molecule has 1 aromatic carbocycles. The van der Waals surface area contributed by atoms with Gasteiger partial charge in [-0.3, -0.25) is 9.59 Å². The van der Waals surface area contributed by atoms with Gasteiger partial charge in [0, 0.05) is 18.7 Å². The van der Waals surface area contributed by atoms with E-state index in [1.165, 1.54) is 5.56 Å². The van der Waals surface area contributed by atoms with E-state index >= 15 is 0 Å². The largest absolute Gasteiger partial charge is 0.481 e. The highest BCUT2D eigenvalue weighted by molar-refractivity contribution is 5.94. The third-order valence-electron chi connectivity index (χ3n) is 4.30. The quantitative estimate of drug-likeness (QED) is 0.849. The number of allylic oxidation sites excluding steroid dienone is 1. The molecule has 0 radical (unpaired) electrons. The van der Waals surface area contributed by atoms with E-state index in [4.69, 9.17) is 5.11 Å². The molecular formula is C18H23NO3. The molecule has 0 aliphatic carbocycles. The summed E-state index contributed by atoms with van der Waals surface area (Å²) < 4.78 is 0. The molecule has 1 saturated heterocycles. The fourth-order valence-electron chi connectivity index (χ4n) is 2.89. The van der Waals surface area contributed by atoms with Gasteiger partial charge >= 0.3 is 5.97 Å². The molecule has 1 aromatic rings. The van der Waals surface area contributed by atoms with Gasteiger partial charge in [-0.1, -0.05) is 25.1 Å². The molecule has 1 N–H and O–H groups in total. The van der Waals surface area contributed by atoms with Crippen molar-refractivity contribution in [2.75, 3.05) is 13.1 Å². The lowest BCUT2D eigenvalue weighted by atomic mass is 9.95. The van der Waals surface area contributed by atoms with Crippen molar-refractivity contribution < 1.29 is 14.7 Å². The molecule has 22 heavy (non-hydrogen) atoms. The zero-order valence-corrected chi connectivity index (χ0v) is 13.0. The van der Waals surface area contributed by atoms with Gasteiger partial charge < -0.3 is 10.0 Å². The highest BCUT2D eigenvalue weighted by atomic mass is 16.4. The van der Waals surface area contributed by atoms with Gasteiger partial charge in [0.25, 0.3) is 5.91 Å². The third-order valence-corrected chi connectivity index (χ3v) is 4.30. The lowest BCUT2D eigenvalue weighted by Gasteiger charge is -2.30. The molecule has 4 nitrogen and oxygen atoms in total. The second-order valence-electron chi connectivity index (χ2n) is 5.98. The summed E-state index contributed by atoms with van der Waals surface area (Å²) in [6, 6.07) is 7.61. The van der Waals surface area contributed by atoms with Crippen molar-refractivity contribution in [1.82, 2.24) is 4.90 Å². The van der Waals surface area contributed by atoms with Crippen LogP contribution in [0.2, 0.25) is 0 Å². The van der Waals surface area contributed by atoms with Gasteiger partial charge in [-0.05, 0) is 42.9 Å². The molecule has 0 unspecified atom stereocenters. The fraction of sp³-hybridized carbons (Fsp3) is 0.444. The van der Waals surface area contributed by atoms with Crippen molar-refractivity contribution in [1.29, 1.82) is 0 Å². The van der Waals surface area contributed by atoms with Crippen molar-refractivity contribution >= 4 is 11.9 Å². The molecule has 0 saturated carbocycles. The summed E-state index contributed by atoms with van der Waals surface area (Å²) in [7, 11) is 0. The SMILES string of the molecule is C=CC[C@H](C)c1ccc(C(=O)N2CCC[C@@H](C(=O)O)C2)cc1. The van der Waals surface area contributed by atoms with E-state index < -0.39 is 11.9 Å². The number of piperidine rings is 1. The normalized spacial score (nSPS) is 19.5. The monoisotopic (exact) mass is 301 g/mol. The molecule has 0 bridgehead atoms. The van der Waals surface area contributed by atoms with Crippen LogP contribution < -0.4 is 0 Å².